The van der Waals surface area contributed by atoms with Gasteiger partial charge in [0.2, 0.25) is 0 Å². The van der Waals surface area contributed by atoms with Gasteiger partial charge in [0.1, 0.15) is 17.3 Å². The lowest BCUT2D eigenvalue weighted by Gasteiger charge is -2.22. The lowest BCUT2D eigenvalue weighted by Crippen LogP contribution is -2.17. The molecule has 0 aromatic carbocycles. The van der Waals surface area contributed by atoms with Crippen molar-refractivity contribution in [2.75, 3.05) is 12.0 Å². The zero-order chi connectivity index (χ0) is 14.4. The van der Waals surface area contributed by atoms with Gasteiger partial charge in [-0.1, -0.05) is 6.42 Å². The molecule has 2 aromatic rings. The molecule has 0 saturated heterocycles. The first-order valence-corrected chi connectivity index (χ1v) is 8.47. The highest BCUT2D eigenvalue weighted by Gasteiger charge is 2.31. The molecule has 1 fully saturated rings. The lowest BCUT2D eigenvalue weighted by molar-refractivity contribution is 0.530. The normalized spacial score (nSPS) is 22.8. The Morgan fingerprint density at radius 2 is 1.95 bits per heavy atom. The predicted molar refractivity (Wildman–Crippen MR) is 86.3 cm³/mol. The maximum Gasteiger partial charge on any atom is 0.146 e. The first-order chi connectivity index (χ1) is 9.54. The van der Waals surface area contributed by atoms with Crippen LogP contribution in [0.4, 0.5) is 5.82 Å². The van der Waals surface area contributed by atoms with E-state index in [-0.39, 0.29) is 0 Å². The molecule has 2 unspecified atom stereocenters. The third-order valence-corrected chi connectivity index (χ3v) is 5.74. The van der Waals surface area contributed by atoms with Crippen molar-refractivity contribution < 1.29 is 0 Å². The number of anilines is 1. The molecule has 4 nitrogen and oxygen atoms in total. The van der Waals surface area contributed by atoms with E-state index in [0.717, 1.165) is 16.9 Å². The highest BCUT2D eigenvalue weighted by atomic mass is 32.2. The number of rotatable bonds is 2. The van der Waals surface area contributed by atoms with E-state index in [1.807, 2.05) is 18.7 Å². The number of thioether (sulfide) groups is 1. The topological polar surface area (TPSA) is 56.7 Å². The molecule has 0 aliphatic heterocycles. The standard InChI is InChI=1S/C15H22N4S/c1-8-9(2)19(11-6-5-7-12(11)20-4)15-13(8)14(16)17-10(3)18-15/h11-12H,5-7H2,1-4H3,(H2,16,17,18). The van der Waals surface area contributed by atoms with E-state index in [1.54, 1.807) is 0 Å². The Hall–Kier alpha value is -1.23. The molecular weight excluding hydrogens is 268 g/mol. The van der Waals surface area contributed by atoms with Crippen LogP contribution in [0.5, 0.6) is 0 Å². The summed E-state index contributed by atoms with van der Waals surface area (Å²) < 4.78 is 2.42. The van der Waals surface area contributed by atoms with E-state index < -0.39 is 0 Å². The van der Waals surface area contributed by atoms with Crippen molar-refractivity contribution in [1.82, 2.24) is 14.5 Å². The molecule has 0 radical (unpaired) electrons. The number of aromatic nitrogens is 3. The lowest BCUT2D eigenvalue weighted by atomic mass is 10.2. The fourth-order valence-electron chi connectivity index (χ4n) is 3.52. The maximum atomic E-state index is 6.14. The predicted octanol–water partition coefficient (Wildman–Crippen LogP) is 3.40. The van der Waals surface area contributed by atoms with Gasteiger partial charge in [-0.05, 0) is 45.4 Å². The number of nitrogen functional groups attached to an aromatic ring is 1. The molecule has 0 bridgehead atoms. The van der Waals surface area contributed by atoms with Gasteiger partial charge < -0.3 is 10.3 Å². The van der Waals surface area contributed by atoms with Gasteiger partial charge in [0.05, 0.1) is 5.39 Å². The maximum absolute atomic E-state index is 6.14. The van der Waals surface area contributed by atoms with Crippen molar-refractivity contribution in [3.63, 3.8) is 0 Å². The zero-order valence-electron chi connectivity index (χ0n) is 12.6. The number of nitrogens with zero attached hydrogens (tertiary/aromatic N) is 3. The molecule has 0 amide bonds. The second-order valence-corrected chi connectivity index (χ2v) is 6.78. The summed E-state index contributed by atoms with van der Waals surface area (Å²) in [4.78, 5) is 9.02. The van der Waals surface area contributed by atoms with Crippen LogP contribution in [0.2, 0.25) is 0 Å². The summed E-state index contributed by atoms with van der Waals surface area (Å²) in [6, 6.07) is 0.537. The van der Waals surface area contributed by atoms with Crippen LogP contribution < -0.4 is 5.73 Å². The van der Waals surface area contributed by atoms with E-state index in [0.29, 0.717) is 17.1 Å². The molecule has 5 heteroatoms. The van der Waals surface area contributed by atoms with Gasteiger partial charge in [0.15, 0.2) is 0 Å². The average molecular weight is 290 g/mol. The van der Waals surface area contributed by atoms with Gasteiger partial charge in [-0.3, -0.25) is 0 Å². The molecule has 1 saturated carbocycles. The van der Waals surface area contributed by atoms with Crippen LogP contribution in [0, 0.1) is 20.8 Å². The quantitative estimate of drug-likeness (QED) is 0.921. The Labute approximate surface area is 124 Å². The van der Waals surface area contributed by atoms with Gasteiger partial charge in [-0.15, -0.1) is 0 Å². The van der Waals surface area contributed by atoms with Crippen LogP contribution >= 0.6 is 11.8 Å². The van der Waals surface area contributed by atoms with E-state index in [2.05, 4.69) is 29.7 Å². The average Bonchev–Trinajstić information content (AvgIpc) is 2.93. The second-order valence-electron chi connectivity index (χ2n) is 5.71. The Kier molecular flexibility index (Phi) is 3.40. The van der Waals surface area contributed by atoms with Crippen LogP contribution in [-0.2, 0) is 0 Å². The van der Waals surface area contributed by atoms with Crippen LogP contribution in [0.1, 0.15) is 42.4 Å². The summed E-state index contributed by atoms with van der Waals surface area (Å²) >= 11 is 1.97. The van der Waals surface area contributed by atoms with Gasteiger partial charge in [-0.25, -0.2) is 9.97 Å². The van der Waals surface area contributed by atoms with Gasteiger partial charge in [0, 0.05) is 17.0 Å². The fraction of sp³-hybridized carbons (Fsp3) is 0.600. The Morgan fingerprint density at radius 3 is 2.65 bits per heavy atom. The number of nitrogens with two attached hydrogens (primary N) is 1. The number of hydrogen-bond donors (Lipinski definition) is 1. The highest BCUT2D eigenvalue weighted by molar-refractivity contribution is 7.99. The molecule has 108 valence electrons. The molecule has 20 heavy (non-hydrogen) atoms. The van der Waals surface area contributed by atoms with Crippen molar-refractivity contribution in [3.8, 4) is 0 Å². The molecule has 2 aromatic heterocycles. The van der Waals surface area contributed by atoms with E-state index in [1.165, 1.54) is 30.5 Å². The first kappa shape index (κ1) is 13.7. The minimum atomic E-state index is 0.537. The zero-order valence-corrected chi connectivity index (χ0v) is 13.4. The molecule has 2 atom stereocenters. The minimum absolute atomic E-state index is 0.537. The minimum Gasteiger partial charge on any atom is -0.383 e. The van der Waals surface area contributed by atoms with Gasteiger partial charge >= 0.3 is 0 Å². The van der Waals surface area contributed by atoms with Crippen LogP contribution in [-0.4, -0.2) is 26.0 Å². The summed E-state index contributed by atoms with van der Waals surface area (Å²) in [6.07, 6.45) is 6.04. The highest BCUT2D eigenvalue weighted by Crippen LogP contribution is 2.41. The van der Waals surface area contributed by atoms with Crippen molar-refractivity contribution in [2.24, 2.45) is 0 Å². The molecular formula is C15H22N4S. The summed E-state index contributed by atoms with van der Waals surface area (Å²) in [5, 5.41) is 1.72. The van der Waals surface area contributed by atoms with E-state index >= 15 is 0 Å². The summed E-state index contributed by atoms with van der Waals surface area (Å²) in [5.41, 5.74) is 9.68. The summed E-state index contributed by atoms with van der Waals surface area (Å²) in [7, 11) is 0. The number of hydrogen-bond acceptors (Lipinski definition) is 4. The summed E-state index contributed by atoms with van der Waals surface area (Å²) in [5.74, 6) is 1.37. The second kappa shape index (κ2) is 4.95. The Morgan fingerprint density at radius 1 is 1.20 bits per heavy atom. The van der Waals surface area contributed by atoms with Crippen LogP contribution in [0.15, 0.2) is 0 Å². The van der Waals surface area contributed by atoms with Crippen molar-refractivity contribution in [3.05, 3.63) is 17.1 Å². The van der Waals surface area contributed by atoms with Crippen molar-refractivity contribution in [2.45, 2.75) is 51.3 Å². The monoisotopic (exact) mass is 290 g/mol. The molecule has 2 N–H and O–H groups in total. The van der Waals surface area contributed by atoms with E-state index in [4.69, 9.17) is 10.7 Å². The number of fused-ring (bicyclic) bond motifs is 1. The molecule has 3 rings (SSSR count). The molecule has 2 heterocycles. The summed E-state index contributed by atoms with van der Waals surface area (Å²) in [6.45, 7) is 6.23. The largest absolute Gasteiger partial charge is 0.383 e. The molecule has 0 spiro atoms. The molecule has 1 aliphatic rings. The van der Waals surface area contributed by atoms with Gasteiger partial charge in [-0.2, -0.15) is 11.8 Å². The van der Waals surface area contributed by atoms with E-state index in [9.17, 15) is 0 Å². The van der Waals surface area contributed by atoms with Crippen LogP contribution in [0.3, 0.4) is 0 Å². The fourth-order valence-corrected chi connectivity index (χ4v) is 4.49. The third kappa shape index (κ3) is 1.91. The Balaban J connectivity index is 2.27. The van der Waals surface area contributed by atoms with Crippen molar-refractivity contribution >= 4 is 28.6 Å². The smallest absolute Gasteiger partial charge is 0.146 e. The SMILES string of the molecule is CSC1CCCC1n1c(C)c(C)c2c(N)nc(C)nc21. The Bertz CT molecular complexity index is 662. The van der Waals surface area contributed by atoms with Crippen LogP contribution in [0.25, 0.3) is 11.0 Å². The number of aryl methyl sites for hydroxylation is 2. The third-order valence-electron chi connectivity index (χ3n) is 4.59. The van der Waals surface area contributed by atoms with Crippen molar-refractivity contribution in [1.29, 1.82) is 0 Å². The van der Waals surface area contributed by atoms with Gasteiger partial charge in [0.25, 0.3) is 0 Å². The molecule has 1 aliphatic carbocycles. The first-order valence-electron chi connectivity index (χ1n) is 7.18.